The molecule has 6 nitrogen and oxygen atoms in total. The first-order chi connectivity index (χ1) is 15.0. The summed E-state index contributed by atoms with van der Waals surface area (Å²) >= 11 is 0. The van der Waals surface area contributed by atoms with Gasteiger partial charge in [-0.2, -0.15) is 5.10 Å². The van der Waals surface area contributed by atoms with Crippen molar-refractivity contribution in [1.82, 2.24) is 9.78 Å². The summed E-state index contributed by atoms with van der Waals surface area (Å²) in [7, 11) is 0. The van der Waals surface area contributed by atoms with Crippen LogP contribution in [0.15, 0.2) is 85.1 Å². The number of amides is 2. The summed E-state index contributed by atoms with van der Waals surface area (Å²) in [6.45, 7) is 0. The van der Waals surface area contributed by atoms with Crippen molar-refractivity contribution in [2.24, 2.45) is 0 Å². The largest absolute Gasteiger partial charge is 0.322 e. The van der Waals surface area contributed by atoms with Gasteiger partial charge in [-0.15, -0.1) is 0 Å². The Morgan fingerprint density at radius 1 is 0.774 bits per heavy atom. The van der Waals surface area contributed by atoms with Crippen LogP contribution in [0.25, 0.3) is 5.69 Å². The van der Waals surface area contributed by atoms with E-state index in [0.717, 1.165) is 6.07 Å². The van der Waals surface area contributed by atoms with Gasteiger partial charge >= 0.3 is 0 Å². The molecule has 0 unspecified atom stereocenters. The van der Waals surface area contributed by atoms with Crippen LogP contribution in [0.2, 0.25) is 0 Å². The Morgan fingerprint density at radius 2 is 1.52 bits per heavy atom. The van der Waals surface area contributed by atoms with E-state index in [2.05, 4.69) is 15.7 Å². The number of aromatic nitrogens is 2. The molecule has 3 aromatic carbocycles. The van der Waals surface area contributed by atoms with Gasteiger partial charge < -0.3 is 10.6 Å². The van der Waals surface area contributed by atoms with E-state index < -0.39 is 23.4 Å². The highest BCUT2D eigenvalue weighted by Gasteiger charge is 2.21. The summed E-state index contributed by atoms with van der Waals surface area (Å²) in [6.07, 6.45) is 1.31. The first-order valence-electron chi connectivity index (χ1n) is 9.28. The van der Waals surface area contributed by atoms with Crippen LogP contribution in [-0.4, -0.2) is 21.6 Å². The number of nitrogens with zero attached hydrogens (tertiary/aromatic N) is 2. The van der Waals surface area contributed by atoms with E-state index in [1.807, 2.05) is 6.07 Å². The number of hydrogen-bond donors (Lipinski definition) is 2. The van der Waals surface area contributed by atoms with Crippen LogP contribution in [0.5, 0.6) is 0 Å². The molecule has 154 valence electrons. The molecule has 0 radical (unpaired) electrons. The van der Waals surface area contributed by atoms with Crippen LogP contribution < -0.4 is 10.6 Å². The molecule has 0 atom stereocenters. The minimum Gasteiger partial charge on any atom is -0.322 e. The molecule has 2 amide bonds. The van der Waals surface area contributed by atoms with E-state index in [-0.39, 0.29) is 16.9 Å². The summed E-state index contributed by atoms with van der Waals surface area (Å²) in [4.78, 5) is 25.6. The first-order valence-corrected chi connectivity index (χ1v) is 9.28. The Balaban J connectivity index is 1.70. The molecular formula is C23H16F2N4O2. The number of rotatable bonds is 5. The van der Waals surface area contributed by atoms with Crippen molar-refractivity contribution >= 4 is 23.3 Å². The van der Waals surface area contributed by atoms with Gasteiger partial charge in [-0.05, 0) is 54.6 Å². The van der Waals surface area contributed by atoms with Gasteiger partial charge in [0.25, 0.3) is 11.8 Å². The van der Waals surface area contributed by atoms with Gasteiger partial charge in [0.05, 0.1) is 11.9 Å². The quantitative estimate of drug-likeness (QED) is 0.495. The zero-order valence-corrected chi connectivity index (χ0v) is 16.0. The topological polar surface area (TPSA) is 76.0 Å². The number of nitrogens with one attached hydrogen (secondary N) is 2. The Kier molecular flexibility index (Phi) is 5.53. The molecule has 1 heterocycles. The smallest absolute Gasteiger partial charge is 0.261 e. The molecule has 8 heteroatoms. The molecular weight excluding hydrogens is 402 g/mol. The van der Waals surface area contributed by atoms with Crippen molar-refractivity contribution in [2.75, 3.05) is 10.6 Å². The van der Waals surface area contributed by atoms with E-state index >= 15 is 0 Å². The SMILES string of the molecule is O=C(Nc1c(C(=O)Nc2ccc(F)cc2)cnn1-c1ccccc1)c1cccc(F)c1. The summed E-state index contributed by atoms with van der Waals surface area (Å²) < 4.78 is 28.1. The third-order valence-corrected chi connectivity index (χ3v) is 4.44. The molecule has 2 N–H and O–H groups in total. The number of carbonyl (C=O) groups excluding carboxylic acids is 2. The molecule has 0 saturated heterocycles. The van der Waals surface area contributed by atoms with Crippen molar-refractivity contribution < 1.29 is 18.4 Å². The van der Waals surface area contributed by atoms with Crippen molar-refractivity contribution in [2.45, 2.75) is 0 Å². The third-order valence-electron chi connectivity index (χ3n) is 4.44. The number of carbonyl (C=O) groups is 2. The number of benzene rings is 3. The highest BCUT2D eigenvalue weighted by molar-refractivity contribution is 6.12. The van der Waals surface area contributed by atoms with Crippen LogP contribution in [0.4, 0.5) is 20.3 Å². The zero-order chi connectivity index (χ0) is 21.8. The Labute approximate surface area is 176 Å². The van der Waals surface area contributed by atoms with Crippen LogP contribution >= 0.6 is 0 Å². The van der Waals surface area contributed by atoms with Crippen LogP contribution in [-0.2, 0) is 0 Å². The third kappa shape index (κ3) is 4.48. The summed E-state index contributed by atoms with van der Waals surface area (Å²) in [5, 5.41) is 9.53. The molecule has 0 fully saturated rings. The van der Waals surface area contributed by atoms with Crippen molar-refractivity contribution in [3.8, 4) is 5.69 Å². The fourth-order valence-corrected chi connectivity index (χ4v) is 2.94. The van der Waals surface area contributed by atoms with E-state index in [0.29, 0.717) is 11.4 Å². The van der Waals surface area contributed by atoms with Gasteiger partial charge in [0, 0.05) is 11.3 Å². The highest BCUT2D eigenvalue weighted by Crippen LogP contribution is 2.23. The van der Waals surface area contributed by atoms with Crippen LogP contribution in [0, 0.1) is 11.6 Å². The van der Waals surface area contributed by atoms with Gasteiger partial charge in [0.1, 0.15) is 23.0 Å². The molecule has 0 aliphatic carbocycles. The number of halogens is 2. The molecule has 0 bridgehead atoms. The normalized spacial score (nSPS) is 10.5. The van der Waals surface area contributed by atoms with Crippen LogP contribution in [0.1, 0.15) is 20.7 Å². The number of anilines is 2. The molecule has 1 aromatic heterocycles. The Morgan fingerprint density at radius 3 is 2.23 bits per heavy atom. The number of hydrogen-bond acceptors (Lipinski definition) is 3. The zero-order valence-electron chi connectivity index (χ0n) is 16.0. The maximum absolute atomic E-state index is 13.5. The van der Waals surface area contributed by atoms with E-state index in [1.165, 1.54) is 53.3 Å². The lowest BCUT2D eigenvalue weighted by atomic mass is 10.2. The maximum atomic E-state index is 13.5. The second-order valence-corrected chi connectivity index (χ2v) is 6.58. The second kappa shape index (κ2) is 8.58. The van der Waals surface area contributed by atoms with Crippen molar-refractivity contribution in [1.29, 1.82) is 0 Å². The van der Waals surface area contributed by atoms with E-state index in [4.69, 9.17) is 0 Å². The van der Waals surface area contributed by atoms with Gasteiger partial charge in [0.2, 0.25) is 0 Å². The lowest BCUT2D eigenvalue weighted by Gasteiger charge is -2.12. The fraction of sp³-hybridized carbons (Fsp3) is 0. The fourth-order valence-electron chi connectivity index (χ4n) is 2.94. The van der Waals surface area contributed by atoms with Gasteiger partial charge in [-0.3, -0.25) is 9.59 Å². The first kappa shape index (κ1) is 20.0. The second-order valence-electron chi connectivity index (χ2n) is 6.58. The van der Waals surface area contributed by atoms with Gasteiger partial charge in [-0.1, -0.05) is 24.3 Å². The minimum atomic E-state index is -0.604. The van der Waals surface area contributed by atoms with Crippen LogP contribution in [0.3, 0.4) is 0 Å². The molecule has 0 spiro atoms. The summed E-state index contributed by atoms with van der Waals surface area (Å²) in [6, 6.07) is 19.4. The van der Waals surface area contributed by atoms with Crippen molar-refractivity contribution in [3.05, 3.63) is 108 Å². The van der Waals surface area contributed by atoms with E-state index in [1.54, 1.807) is 24.3 Å². The standard InChI is InChI=1S/C23H16F2N4O2/c24-16-9-11-18(12-10-16)27-23(31)20-14-26-29(19-7-2-1-3-8-19)21(20)28-22(30)15-5-4-6-17(25)13-15/h1-14H,(H,27,31)(H,28,30). The molecule has 4 rings (SSSR count). The molecule has 0 aliphatic rings. The lowest BCUT2D eigenvalue weighted by molar-refractivity contribution is 0.102. The van der Waals surface area contributed by atoms with Crippen molar-refractivity contribution in [3.63, 3.8) is 0 Å². The van der Waals surface area contributed by atoms with Gasteiger partial charge in [0.15, 0.2) is 0 Å². The maximum Gasteiger partial charge on any atom is 0.261 e. The predicted molar refractivity (Wildman–Crippen MR) is 112 cm³/mol. The van der Waals surface area contributed by atoms with Gasteiger partial charge in [-0.25, -0.2) is 13.5 Å². The number of para-hydroxylation sites is 1. The van der Waals surface area contributed by atoms with E-state index in [9.17, 15) is 18.4 Å². The molecule has 31 heavy (non-hydrogen) atoms. The Hall–Kier alpha value is -4.33. The average Bonchev–Trinajstić information content (AvgIpc) is 3.19. The lowest BCUT2D eigenvalue weighted by Crippen LogP contribution is -2.19. The Bertz CT molecular complexity index is 1240. The summed E-state index contributed by atoms with van der Waals surface area (Å²) in [5.41, 5.74) is 1.16. The monoisotopic (exact) mass is 418 g/mol. The molecule has 4 aromatic rings. The summed E-state index contributed by atoms with van der Waals surface area (Å²) in [5.74, 6) is -2.03. The minimum absolute atomic E-state index is 0.0814. The predicted octanol–water partition coefficient (Wildman–Crippen LogP) is 4.66. The molecule has 0 saturated carbocycles. The highest BCUT2D eigenvalue weighted by atomic mass is 19.1. The average molecular weight is 418 g/mol. The molecule has 0 aliphatic heterocycles.